The first kappa shape index (κ1) is 15.6. The van der Waals surface area contributed by atoms with E-state index in [-0.39, 0.29) is 34.0 Å². The molecule has 0 saturated heterocycles. The molecule has 0 aliphatic carbocycles. The molecule has 4 rings (SSSR count). The molecule has 0 unspecified atom stereocenters. The summed E-state index contributed by atoms with van der Waals surface area (Å²) in [6.45, 7) is 0. The molecule has 0 fully saturated rings. The molecule has 2 heterocycles. The van der Waals surface area contributed by atoms with Crippen LogP contribution in [0.5, 0.6) is 11.5 Å². The molecule has 2 aromatic heterocycles. The number of benzene rings is 2. The number of H-pyrrole nitrogens is 1. The number of pyridine rings is 1. The lowest BCUT2D eigenvalue weighted by atomic mass is 10.0. The monoisotopic (exact) mass is 347 g/mol. The van der Waals surface area contributed by atoms with E-state index in [1.807, 2.05) is 30.3 Å². The molecule has 4 aromatic rings. The number of nitrogens with one attached hydrogen (secondary N) is 1. The second-order valence-corrected chi connectivity index (χ2v) is 5.70. The molecule has 7 heteroatoms. The van der Waals surface area contributed by atoms with E-state index in [0.717, 1.165) is 5.56 Å². The van der Waals surface area contributed by atoms with Crippen LogP contribution in [0.3, 0.4) is 0 Å². The van der Waals surface area contributed by atoms with Gasteiger partial charge in [0.25, 0.3) is 0 Å². The zero-order valence-corrected chi connectivity index (χ0v) is 13.3. The number of carbonyl (C=O) groups is 1. The van der Waals surface area contributed by atoms with Crippen LogP contribution in [0, 0.1) is 0 Å². The smallest absolute Gasteiger partial charge is 0.336 e. The van der Waals surface area contributed by atoms with Gasteiger partial charge in [0.15, 0.2) is 17.1 Å². The number of aromatic carboxylic acids is 1. The van der Waals surface area contributed by atoms with Crippen molar-refractivity contribution in [3.05, 3.63) is 60.2 Å². The average Bonchev–Trinajstić information content (AvgIpc) is 3.07. The Kier molecular flexibility index (Phi) is 3.54. The van der Waals surface area contributed by atoms with Crippen molar-refractivity contribution in [2.75, 3.05) is 0 Å². The molecule has 0 spiro atoms. The first-order valence-corrected chi connectivity index (χ1v) is 7.75. The predicted octanol–water partition coefficient (Wildman–Crippen LogP) is 3.40. The molecule has 0 atom stereocenters. The van der Waals surface area contributed by atoms with E-state index in [1.165, 1.54) is 18.2 Å². The number of para-hydroxylation sites is 1. The minimum absolute atomic E-state index is 0.000320. The van der Waals surface area contributed by atoms with Crippen molar-refractivity contribution in [2.24, 2.45) is 0 Å². The lowest BCUT2D eigenvalue weighted by Crippen LogP contribution is -2.00. The van der Waals surface area contributed by atoms with Crippen molar-refractivity contribution >= 4 is 17.0 Å². The predicted molar refractivity (Wildman–Crippen MR) is 95.0 cm³/mol. The average molecular weight is 347 g/mol. The Bertz CT molecular complexity index is 1140. The molecule has 4 N–H and O–H groups in total. The van der Waals surface area contributed by atoms with Crippen LogP contribution >= 0.6 is 0 Å². The van der Waals surface area contributed by atoms with Gasteiger partial charge in [-0.2, -0.15) is 5.10 Å². The molecule has 2 aromatic carbocycles. The van der Waals surface area contributed by atoms with Crippen molar-refractivity contribution in [3.8, 4) is 34.0 Å². The van der Waals surface area contributed by atoms with Gasteiger partial charge in [0, 0.05) is 11.1 Å². The fraction of sp³-hybridized carbons (Fsp3) is 0. The van der Waals surface area contributed by atoms with Crippen molar-refractivity contribution in [2.45, 2.75) is 0 Å². The van der Waals surface area contributed by atoms with Crippen molar-refractivity contribution < 1.29 is 20.1 Å². The molecule has 0 aliphatic rings. The van der Waals surface area contributed by atoms with E-state index < -0.39 is 5.97 Å². The van der Waals surface area contributed by atoms with Gasteiger partial charge in [-0.15, -0.1) is 0 Å². The summed E-state index contributed by atoms with van der Waals surface area (Å²) in [5, 5.41) is 36.8. The van der Waals surface area contributed by atoms with E-state index >= 15 is 0 Å². The normalized spacial score (nSPS) is 10.9. The molecule has 0 bridgehead atoms. The van der Waals surface area contributed by atoms with Crippen LogP contribution in [0.2, 0.25) is 0 Å². The third kappa shape index (κ3) is 2.42. The van der Waals surface area contributed by atoms with Crippen molar-refractivity contribution in [1.29, 1.82) is 0 Å². The van der Waals surface area contributed by atoms with Gasteiger partial charge in [0.1, 0.15) is 0 Å². The first-order valence-electron chi connectivity index (χ1n) is 7.75. The molecule has 128 valence electrons. The topological polar surface area (TPSA) is 119 Å². The second kappa shape index (κ2) is 5.89. The van der Waals surface area contributed by atoms with E-state index in [2.05, 4.69) is 15.2 Å². The number of rotatable bonds is 3. The SMILES string of the molecule is O=C(O)c1cc(-c2cccc(O)c2O)nc2n[nH]c(-c3ccccc3)c12. The van der Waals surface area contributed by atoms with Crippen LogP contribution in [0.25, 0.3) is 33.5 Å². The van der Waals surface area contributed by atoms with E-state index in [9.17, 15) is 20.1 Å². The second-order valence-electron chi connectivity index (χ2n) is 5.70. The number of hydrogen-bond acceptors (Lipinski definition) is 5. The molecule has 7 nitrogen and oxygen atoms in total. The quantitative estimate of drug-likeness (QED) is 0.422. The molecular formula is C19H13N3O4. The van der Waals surface area contributed by atoms with E-state index in [4.69, 9.17) is 0 Å². The number of hydrogen-bond donors (Lipinski definition) is 4. The van der Waals surface area contributed by atoms with E-state index in [0.29, 0.717) is 11.1 Å². The minimum atomic E-state index is -1.14. The van der Waals surface area contributed by atoms with Gasteiger partial charge < -0.3 is 15.3 Å². The fourth-order valence-corrected chi connectivity index (χ4v) is 2.88. The number of nitrogens with zero attached hydrogens (tertiary/aromatic N) is 2. The summed E-state index contributed by atoms with van der Waals surface area (Å²) in [5.41, 5.74) is 1.97. The van der Waals surface area contributed by atoms with Gasteiger partial charge in [-0.1, -0.05) is 36.4 Å². The summed E-state index contributed by atoms with van der Waals surface area (Å²) in [6, 6.07) is 15.0. The highest BCUT2D eigenvalue weighted by Crippen LogP contribution is 2.37. The summed E-state index contributed by atoms with van der Waals surface area (Å²) in [6.07, 6.45) is 0. The summed E-state index contributed by atoms with van der Waals surface area (Å²) < 4.78 is 0. The standard InChI is InChI=1S/C19H13N3O4/c23-14-8-4-7-11(17(14)24)13-9-12(19(25)26)15-16(21-22-18(15)20-13)10-5-2-1-3-6-10/h1-9,23-24H,(H,25,26)(H,20,21,22). The van der Waals surface area contributed by atoms with Gasteiger partial charge in [0.2, 0.25) is 0 Å². The maximum atomic E-state index is 11.9. The van der Waals surface area contributed by atoms with E-state index in [1.54, 1.807) is 6.07 Å². The van der Waals surface area contributed by atoms with Crippen molar-refractivity contribution in [3.63, 3.8) is 0 Å². The number of aromatic hydroxyl groups is 2. The Morgan fingerprint density at radius 2 is 1.77 bits per heavy atom. The van der Waals surface area contributed by atoms with Crippen LogP contribution in [0.15, 0.2) is 54.6 Å². The first-order chi connectivity index (χ1) is 12.6. The Hall–Kier alpha value is -3.87. The zero-order chi connectivity index (χ0) is 18.3. The molecule has 0 amide bonds. The zero-order valence-electron chi connectivity index (χ0n) is 13.3. The lowest BCUT2D eigenvalue weighted by molar-refractivity contribution is 0.0699. The number of phenols is 2. The van der Waals surface area contributed by atoms with Crippen LogP contribution in [-0.2, 0) is 0 Å². The van der Waals surface area contributed by atoms with Gasteiger partial charge in [-0.3, -0.25) is 5.10 Å². The summed E-state index contributed by atoms with van der Waals surface area (Å²) >= 11 is 0. The fourth-order valence-electron chi connectivity index (χ4n) is 2.88. The van der Waals surface area contributed by atoms with Crippen molar-refractivity contribution in [1.82, 2.24) is 15.2 Å². The molecule has 0 radical (unpaired) electrons. The molecule has 0 aliphatic heterocycles. The summed E-state index contributed by atoms with van der Waals surface area (Å²) in [5.74, 6) is -1.82. The number of carboxylic acid groups (broad SMARTS) is 1. The number of fused-ring (bicyclic) bond motifs is 1. The molecular weight excluding hydrogens is 334 g/mol. The molecule has 0 saturated carbocycles. The number of aromatic amines is 1. The lowest BCUT2D eigenvalue weighted by Gasteiger charge is -2.08. The Labute approximate surface area is 147 Å². The number of carboxylic acids is 1. The maximum Gasteiger partial charge on any atom is 0.336 e. The molecule has 26 heavy (non-hydrogen) atoms. The van der Waals surface area contributed by atoms with Crippen LogP contribution in [0.1, 0.15) is 10.4 Å². The highest BCUT2D eigenvalue weighted by Gasteiger charge is 2.21. The number of phenolic OH excluding ortho intramolecular Hbond substituents is 2. The summed E-state index contributed by atoms with van der Waals surface area (Å²) in [4.78, 5) is 16.2. The highest BCUT2D eigenvalue weighted by atomic mass is 16.4. The Balaban J connectivity index is 2.01. The third-order valence-electron chi connectivity index (χ3n) is 4.11. The maximum absolute atomic E-state index is 11.9. The minimum Gasteiger partial charge on any atom is -0.504 e. The Morgan fingerprint density at radius 3 is 2.50 bits per heavy atom. The van der Waals surface area contributed by atoms with Crippen LogP contribution in [-0.4, -0.2) is 36.5 Å². The summed E-state index contributed by atoms with van der Waals surface area (Å²) in [7, 11) is 0. The largest absolute Gasteiger partial charge is 0.504 e. The number of aromatic nitrogens is 3. The van der Waals surface area contributed by atoms with Gasteiger partial charge in [0.05, 0.1) is 22.3 Å². The van der Waals surface area contributed by atoms with Gasteiger partial charge >= 0.3 is 5.97 Å². The van der Waals surface area contributed by atoms with Crippen LogP contribution in [0.4, 0.5) is 0 Å². The highest BCUT2D eigenvalue weighted by molar-refractivity contribution is 6.08. The third-order valence-corrected chi connectivity index (χ3v) is 4.11. The van der Waals surface area contributed by atoms with Gasteiger partial charge in [-0.25, -0.2) is 9.78 Å². The Morgan fingerprint density at radius 1 is 1.00 bits per heavy atom. The van der Waals surface area contributed by atoms with Gasteiger partial charge in [-0.05, 0) is 18.2 Å². The van der Waals surface area contributed by atoms with Crippen LogP contribution < -0.4 is 0 Å².